The molecule has 1 N–H and O–H groups in total. The molecule has 0 saturated carbocycles. The van der Waals surface area contributed by atoms with E-state index in [1.165, 1.54) is 12.1 Å². The summed E-state index contributed by atoms with van der Waals surface area (Å²) in [4.78, 5) is 11.4. The van der Waals surface area contributed by atoms with Gasteiger partial charge in [-0.3, -0.25) is 4.79 Å². The summed E-state index contributed by atoms with van der Waals surface area (Å²) in [6, 6.07) is 14.5. The summed E-state index contributed by atoms with van der Waals surface area (Å²) in [5, 5.41) is 9.36. The van der Waals surface area contributed by atoms with Crippen LogP contribution in [-0.2, 0) is 14.8 Å². The average molecular weight is 348 g/mol. The lowest BCUT2D eigenvalue weighted by molar-refractivity contribution is -0.142. The van der Waals surface area contributed by atoms with Crippen molar-refractivity contribution < 1.29 is 19.7 Å². The number of hydrogen-bond donors (Lipinski definition) is 1. The molecule has 0 unspecified atom stereocenters. The van der Waals surface area contributed by atoms with Crippen LogP contribution in [0.5, 0.6) is 0 Å². The van der Waals surface area contributed by atoms with E-state index in [0.29, 0.717) is 0 Å². The molecule has 0 aliphatic carbocycles. The van der Waals surface area contributed by atoms with E-state index in [2.05, 4.69) is 0 Å². The predicted octanol–water partition coefficient (Wildman–Crippen LogP) is 3.08. The second kappa shape index (κ2) is 7.15. The maximum atomic E-state index is 12.8. The van der Waals surface area contributed by atoms with Crippen LogP contribution in [-0.4, -0.2) is 36.9 Å². The molecule has 2 aromatic rings. The average Bonchev–Trinajstić information content (AvgIpc) is 2.59. The van der Waals surface area contributed by atoms with Crippen molar-refractivity contribution in [3.63, 3.8) is 0 Å². The normalized spacial score (nSPS) is 13.8. The van der Waals surface area contributed by atoms with Gasteiger partial charge in [-0.1, -0.05) is 56.3 Å². The Morgan fingerprint density at radius 2 is 1.58 bits per heavy atom. The molecule has 0 fully saturated rings. The highest BCUT2D eigenvalue weighted by molar-refractivity contribution is 7.89. The Morgan fingerprint density at radius 1 is 1.04 bits per heavy atom. The van der Waals surface area contributed by atoms with Gasteiger partial charge in [-0.05, 0) is 29.2 Å². The van der Waals surface area contributed by atoms with Crippen LogP contribution in [0.1, 0.15) is 15.2 Å². The first-order valence-electron chi connectivity index (χ1n) is 8.19. The summed E-state index contributed by atoms with van der Waals surface area (Å²) >= 11 is 0. The largest absolute Gasteiger partial charge is 0.480 e. The highest BCUT2D eigenvalue weighted by Gasteiger charge is 2.34. The molecule has 0 bridgehead atoms. The molecule has 2 aromatic carbocycles. The van der Waals surface area contributed by atoms with Gasteiger partial charge in [0, 0.05) is 8.39 Å². The standard InChI is InChI=1S/C18H21NO4S/c1-13(2)17(18(20)21)19(3)24(22,23)16-11-9-15(10-12-16)14-7-5-4-6-8-14/h4-13,17H,1-3H3,(H,20,21)/t17-/m0/s1/i3D. The van der Waals surface area contributed by atoms with Crippen molar-refractivity contribution in [2.24, 2.45) is 5.92 Å². The van der Waals surface area contributed by atoms with Crippen LogP contribution in [0.15, 0.2) is 59.5 Å². The van der Waals surface area contributed by atoms with Crippen LogP contribution in [0.2, 0.25) is 0 Å². The van der Waals surface area contributed by atoms with Crippen LogP contribution >= 0.6 is 0 Å². The number of carbonyl (C=O) groups is 1. The van der Waals surface area contributed by atoms with E-state index in [-0.39, 0.29) is 4.90 Å². The lowest BCUT2D eigenvalue weighted by atomic mass is 10.1. The van der Waals surface area contributed by atoms with E-state index in [1.807, 2.05) is 30.3 Å². The monoisotopic (exact) mass is 348 g/mol. The molecular formula is C18H21NO4S. The number of likely N-dealkylation sites (N-methyl/N-ethyl adjacent to an activating group) is 1. The third-order valence-corrected chi connectivity index (χ3v) is 5.48. The van der Waals surface area contributed by atoms with Crippen molar-refractivity contribution in [3.8, 4) is 11.1 Å². The van der Waals surface area contributed by atoms with Crippen LogP contribution in [0.25, 0.3) is 11.1 Å². The van der Waals surface area contributed by atoms with Gasteiger partial charge < -0.3 is 5.11 Å². The summed E-state index contributed by atoms with van der Waals surface area (Å²) in [5.41, 5.74) is 1.81. The first-order valence-corrected chi connectivity index (χ1v) is 8.92. The minimum absolute atomic E-state index is 0.0219. The summed E-state index contributed by atoms with van der Waals surface area (Å²) in [7, 11) is -4.73. The van der Waals surface area contributed by atoms with Gasteiger partial charge >= 0.3 is 5.97 Å². The Hall–Kier alpha value is -2.18. The number of carboxylic acids is 1. The van der Waals surface area contributed by atoms with E-state index in [9.17, 15) is 18.3 Å². The smallest absolute Gasteiger partial charge is 0.322 e. The second-order valence-corrected chi connectivity index (χ2v) is 7.70. The molecule has 24 heavy (non-hydrogen) atoms. The fourth-order valence-corrected chi connectivity index (χ4v) is 3.86. The Bertz CT molecular complexity index is 820. The Balaban J connectivity index is 2.39. The maximum absolute atomic E-state index is 12.8. The zero-order chi connectivity index (χ0) is 18.6. The lowest BCUT2D eigenvalue weighted by Crippen LogP contribution is -2.45. The molecule has 5 nitrogen and oxygen atoms in total. The number of carboxylic acid groups (broad SMARTS) is 1. The number of rotatable bonds is 6. The summed E-state index contributed by atoms with van der Waals surface area (Å²) in [5.74, 6) is -1.71. The van der Waals surface area contributed by atoms with Gasteiger partial charge in [-0.15, -0.1) is 0 Å². The number of benzene rings is 2. The zero-order valence-corrected chi connectivity index (χ0v) is 14.4. The summed E-state index contributed by atoms with van der Waals surface area (Å²) in [6.07, 6.45) is 0. The first-order chi connectivity index (χ1) is 11.8. The molecule has 128 valence electrons. The molecule has 0 aromatic heterocycles. The Labute approximate surface area is 144 Å². The molecule has 0 aliphatic rings. The molecule has 0 radical (unpaired) electrons. The molecule has 0 spiro atoms. The molecule has 0 heterocycles. The fourth-order valence-electron chi connectivity index (χ4n) is 2.48. The van der Waals surface area contributed by atoms with E-state index in [0.717, 1.165) is 15.4 Å². The van der Waals surface area contributed by atoms with Crippen LogP contribution in [0.4, 0.5) is 0 Å². The predicted molar refractivity (Wildman–Crippen MR) is 93.1 cm³/mol. The van der Waals surface area contributed by atoms with Crippen LogP contribution in [0.3, 0.4) is 0 Å². The molecule has 0 saturated heterocycles. The van der Waals surface area contributed by atoms with Crippen molar-refractivity contribution >= 4 is 16.0 Å². The first kappa shape index (κ1) is 16.7. The SMILES string of the molecule is [2H]CN([C@H](C(=O)O)C(C)C)S(=O)(=O)c1ccc(-c2ccccc2)cc1. The van der Waals surface area contributed by atoms with Gasteiger partial charge in [0.1, 0.15) is 6.04 Å². The maximum Gasteiger partial charge on any atom is 0.322 e. The van der Waals surface area contributed by atoms with Crippen molar-refractivity contribution in [1.29, 1.82) is 0 Å². The Kier molecular flexibility index (Phi) is 4.97. The minimum Gasteiger partial charge on any atom is -0.480 e. The second-order valence-electron chi connectivity index (χ2n) is 5.81. The van der Waals surface area contributed by atoms with Crippen LogP contribution in [0, 0.1) is 5.92 Å². The molecule has 1 atom stereocenters. The van der Waals surface area contributed by atoms with Crippen LogP contribution < -0.4 is 0 Å². The van der Waals surface area contributed by atoms with E-state index in [4.69, 9.17) is 1.37 Å². The third-order valence-electron chi connectivity index (χ3n) is 3.76. The summed E-state index contributed by atoms with van der Waals surface area (Å²) in [6.45, 7) is 3.24. The molecule has 6 heteroatoms. The topological polar surface area (TPSA) is 74.7 Å². The number of sulfonamides is 1. The van der Waals surface area contributed by atoms with Gasteiger partial charge in [0.25, 0.3) is 0 Å². The minimum atomic E-state index is -4.07. The molecule has 0 aliphatic heterocycles. The van der Waals surface area contributed by atoms with E-state index in [1.54, 1.807) is 26.0 Å². The van der Waals surface area contributed by atoms with E-state index >= 15 is 0 Å². The van der Waals surface area contributed by atoms with E-state index < -0.39 is 35.0 Å². The Morgan fingerprint density at radius 3 is 2.04 bits per heavy atom. The quantitative estimate of drug-likeness (QED) is 0.870. The van der Waals surface area contributed by atoms with Gasteiger partial charge in [-0.2, -0.15) is 4.31 Å². The van der Waals surface area contributed by atoms with Gasteiger partial charge in [0.05, 0.1) is 4.90 Å². The van der Waals surface area contributed by atoms with Gasteiger partial charge in [0.2, 0.25) is 10.0 Å². The molecule has 2 rings (SSSR count). The van der Waals surface area contributed by atoms with Gasteiger partial charge in [0.15, 0.2) is 0 Å². The fraction of sp³-hybridized carbons (Fsp3) is 0.278. The number of hydrogen-bond acceptors (Lipinski definition) is 3. The highest BCUT2D eigenvalue weighted by Crippen LogP contribution is 2.24. The lowest BCUT2D eigenvalue weighted by Gasteiger charge is -2.27. The molecular weight excluding hydrogens is 326 g/mol. The number of nitrogens with zero attached hydrogens (tertiary/aromatic N) is 1. The zero-order valence-electron chi connectivity index (χ0n) is 14.6. The molecule has 0 amide bonds. The van der Waals surface area contributed by atoms with Crippen molar-refractivity contribution in [2.45, 2.75) is 24.8 Å². The third kappa shape index (κ3) is 3.66. The number of aliphatic carboxylic acids is 1. The van der Waals surface area contributed by atoms with Crippen molar-refractivity contribution in [1.82, 2.24) is 4.31 Å². The van der Waals surface area contributed by atoms with Crippen molar-refractivity contribution in [3.05, 3.63) is 54.6 Å². The van der Waals surface area contributed by atoms with Crippen molar-refractivity contribution in [2.75, 3.05) is 7.02 Å². The highest BCUT2D eigenvalue weighted by atomic mass is 32.2. The summed E-state index contributed by atoms with van der Waals surface area (Å²) < 4.78 is 33.9. The van der Waals surface area contributed by atoms with Gasteiger partial charge in [-0.25, -0.2) is 8.42 Å².